The lowest BCUT2D eigenvalue weighted by molar-refractivity contribution is -0.182. The van der Waals surface area contributed by atoms with Gasteiger partial charge in [-0.2, -0.15) is 0 Å². The van der Waals surface area contributed by atoms with Crippen LogP contribution in [0.2, 0.25) is 0 Å². The van der Waals surface area contributed by atoms with Crippen LogP contribution in [0.15, 0.2) is 23.8 Å². The van der Waals surface area contributed by atoms with Crippen molar-refractivity contribution in [2.75, 3.05) is 6.61 Å². The van der Waals surface area contributed by atoms with E-state index in [0.29, 0.717) is 12.8 Å². The summed E-state index contributed by atoms with van der Waals surface area (Å²) in [4.78, 5) is 49.3. The van der Waals surface area contributed by atoms with E-state index < -0.39 is 40.9 Å². The lowest BCUT2D eigenvalue weighted by Gasteiger charge is -2.56. The van der Waals surface area contributed by atoms with Gasteiger partial charge in [-0.3, -0.25) is 19.2 Å². The van der Waals surface area contributed by atoms with E-state index >= 15 is 0 Å². The third-order valence-electron chi connectivity index (χ3n) is 8.31. The summed E-state index contributed by atoms with van der Waals surface area (Å²) in [6.07, 6.45) is 5.08. The van der Waals surface area contributed by atoms with Crippen LogP contribution in [0.1, 0.15) is 46.5 Å². The molecule has 0 radical (unpaired) electrons. The van der Waals surface area contributed by atoms with Crippen LogP contribution < -0.4 is 0 Å². The Hall–Kier alpha value is -2.12. The second kappa shape index (κ2) is 6.69. The van der Waals surface area contributed by atoms with Crippen LogP contribution >= 0.6 is 0 Å². The van der Waals surface area contributed by atoms with Crippen LogP contribution in [0.5, 0.6) is 0 Å². The number of Topliss-reactive ketones (excluding diaryl/α,β-unsaturated/α-hetero) is 2. The first-order chi connectivity index (χ1) is 13.9. The Morgan fingerprint density at radius 2 is 1.97 bits per heavy atom. The van der Waals surface area contributed by atoms with Crippen LogP contribution in [0.4, 0.5) is 0 Å². The molecule has 0 saturated heterocycles. The minimum absolute atomic E-state index is 0.0527. The van der Waals surface area contributed by atoms with Gasteiger partial charge >= 0.3 is 5.97 Å². The van der Waals surface area contributed by atoms with Crippen molar-refractivity contribution < 1.29 is 34.1 Å². The number of esters is 1. The molecule has 0 amide bonds. The largest absolute Gasteiger partial charge is 0.458 e. The predicted octanol–water partition coefficient (Wildman–Crippen LogP) is 1.31. The number of aliphatic hydroxyl groups is 2. The number of carbonyl (C=O) groups is 4. The van der Waals surface area contributed by atoms with E-state index in [1.54, 1.807) is 13.0 Å². The Kier molecular flexibility index (Phi) is 4.71. The molecule has 0 heterocycles. The van der Waals surface area contributed by atoms with Gasteiger partial charge < -0.3 is 14.9 Å². The highest BCUT2D eigenvalue weighted by Gasteiger charge is 2.71. The van der Waals surface area contributed by atoms with Crippen molar-refractivity contribution in [3.63, 3.8) is 0 Å². The zero-order valence-electron chi connectivity index (χ0n) is 17.5. The second-order valence-electron chi connectivity index (χ2n) is 9.76. The SMILES string of the molecule is CC(=O)OCC(=O)C1(O)[C@H](O)C[C@H]2[C@@H]3CCC4=CC(=O)C=C[C@]4(C)[C@H]3C(=O)C[C@]21C. The lowest BCUT2D eigenvalue weighted by Crippen LogP contribution is -2.63. The zero-order valence-corrected chi connectivity index (χ0v) is 17.5. The lowest BCUT2D eigenvalue weighted by atomic mass is 9.46. The van der Waals surface area contributed by atoms with Gasteiger partial charge in [0.2, 0.25) is 5.78 Å². The molecule has 0 spiro atoms. The number of ketones is 3. The molecule has 4 aliphatic rings. The molecule has 162 valence electrons. The smallest absolute Gasteiger partial charge is 0.303 e. The molecule has 4 aliphatic carbocycles. The van der Waals surface area contributed by atoms with Crippen molar-refractivity contribution in [1.29, 1.82) is 0 Å². The molecule has 1 unspecified atom stereocenters. The quantitative estimate of drug-likeness (QED) is 0.666. The number of hydrogen-bond donors (Lipinski definition) is 2. The molecule has 0 aliphatic heterocycles. The molecule has 0 bridgehead atoms. The minimum atomic E-state index is -2.15. The first-order valence-corrected chi connectivity index (χ1v) is 10.5. The fourth-order valence-corrected chi connectivity index (χ4v) is 6.82. The number of ether oxygens (including phenoxy) is 1. The Morgan fingerprint density at radius 3 is 2.63 bits per heavy atom. The monoisotopic (exact) mass is 416 g/mol. The highest BCUT2D eigenvalue weighted by Crippen LogP contribution is 2.66. The second-order valence-corrected chi connectivity index (χ2v) is 9.76. The molecule has 3 saturated carbocycles. The molecule has 0 aromatic rings. The number of allylic oxidation sites excluding steroid dienone is 4. The Bertz CT molecular complexity index is 901. The van der Waals surface area contributed by atoms with Gasteiger partial charge in [0.15, 0.2) is 18.0 Å². The average molecular weight is 416 g/mol. The summed E-state index contributed by atoms with van der Waals surface area (Å²) in [6.45, 7) is 4.20. The molecule has 7 nitrogen and oxygen atoms in total. The molecule has 30 heavy (non-hydrogen) atoms. The maximum Gasteiger partial charge on any atom is 0.303 e. The number of aliphatic hydroxyl groups excluding tert-OH is 1. The zero-order chi connectivity index (χ0) is 22.1. The van der Waals surface area contributed by atoms with Gasteiger partial charge in [0.1, 0.15) is 5.78 Å². The molecule has 0 aromatic carbocycles. The van der Waals surface area contributed by atoms with E-state index in [1.165, 1.54) is 6.08 Å². The Balaban J connectivity index is 1.71. The van der Waals surface area contributed by atoms with Gasteiger partial charge in [0, 0.05) is 30.1 Å². The van der Waals surface area contributed by atoms with Gasteiger partial charge in [-0.25, -0.2) is 0 Å². The fourth-order valence-electron chi connectivity index (χ4n) is 6.82. The summed E-state index contributed by atoms with van der Waals surface area (Å²) in [6, 6.07) is 0. The third kappa shape index (κ3) is 2.64. The summed E-state index contributed by atoms with van der Waals surface area (Å²) in [5.74, 6) is -2.30. The highest BCUT2D eigenvalue weighted by molar-refractivity contribution is 6.02. The Morgan fingerprint density at radius 1 is 1.27 bits per heavy atom. The van der Waals surface area contributed by atoms with E-state index in [1.807, 2.05) is 13.0 Å². The van der Waals surface area contributed by atoms with Crippen molar-refractivity contribution in [2.24, 2.45) is 28.6 Å². The number of fused-ring (bicyclic) bond motifs is 5. The van der Waals surface area contributed by atoms with E-state index in [2.05, 4.69) is 0 Å². The highest BCUT2D eigenvalue weighted by atomic mass is 16.5. The topological polar surface area (TPSA) is 118 Å². The van der Waals surface area contributed by atoms with Gasteiger partial charge in [-0.1, -0.05) is 25.5 Å². The fraction of sp³-hybridized carbons (Fsp3) is 0.652. The molecular formula is C23H28O7. The average Bonchev–Trinajstić information content (AvgIpc) is 2.87. The number of rotatable bonds is 3. The maximum absolute atomic E-state index is 13.5. The van der Waals surface area contributed by atoms with E-state index in [4.69, 9.17) is 4.74 Å². The molecule has 7 atom stereocenters. The molecule has 2 N–H and O–H groups in total. The standard InChI is InChI=1S/C23H28O7/c1-12(24)30-11-19(28)23(29)18(27)9-16-15-5-4-13-8-14(25)6-7-21(13,2)20(15)17(26)10-22(16,23)3/h6-8,15-16,18,20,27,29H,4-5,9-11H2,1-3H3/t15-,16-,18+,20+,21-,22+,23?/m0/s1. The van der Waals surface area contributed by atoms with Crippen LogP contribution in [-0.4, -0.2) is 51.8 Å². The van der Waals surface area contributed by atoms with Crippen molar-refractivity contribution in [3.05, 3.63) is 23.8 Å². The molecule has 3 fully saturated rings. The third-order valence-corrected chi connectivity index (χ3v) is 8.31. The Labute approximate surface area is 175 Å². The normalized spacial score (nSPS) is 44.6. The first kappa shape index (κ1) is 21.1. The van der Waals surface area contributed by atoms with Crippen molar-refractivity contribution in [3.8, 4) is 0 Å². The summed E-state index contributed by atoms with van der Waals surface area (Å²) in [5.41, 5.74) is -2.91. The van der Waals surface area contributed by atoms with Crippen LogP contribution in [0.3, 0.4) is 0 Å². The van der Waals surface area contributed by atoms with E-state index in [9.17, 15) is 29.4 Å². The van der Waals surface area contributed by atoms with Crippen LogP contribution in [-0.2, 0) is 23.9 Å². The number of carbonyl (C=O) groups excluding carboxylic acids is 4. The van der Waals surface area contributed by atoms with Crippen molar-refractivity contribution >= 4 is 23.3 Å². The summed E-state index contributed by atoms with van der Waals surface area (Å²) >= 11 is 0. The molecule has 0 aromatic heterocycles. The van der Waals surface area contributed by atoms with Gasteiger partial charge in [-0.15, -0.1) is 0 Å². The molecule has 7 heteroatoms. The maximum atomic E-state index is 13.5. The van der Waals surface area contributed by atoms with Crippen LogP contribution in [0.25, 0.3) is 0 Å². The van der Waals surface area contributed by atoms with Gasteiger partial charge in [0.05, 0.1) is 6.10 Å². The predicted molar refractivity (Wildman–Crippen MR) is 105 cm³/mol. The summed E-state index contributed by atoms with van der Waals surface area (Å²) < 4.78 is 4.79. The summed E-state index contributed by atoms with van der Waals surface area (Å²) in [7, 11) is 0. The van der Waals surface area contributed by atoms with Crippen LogP contribution in [0, 0.1) is 28.6 Å². The first-order valence-electron chi connectivity index (χ1n) is 10.5. The number of hydrogen-bond acceptors (Lipinski definition) is 7. The van der Waals surface area contributed by atoms with Gasteiger partial charge in [0.25, 0.3) is 0 Å². The van der Waals surface area contributed by atoms with E-state index in [-0.39, 0.29) is 42.2 Å². The van der Waals surface area contributed by atoms with E-state index in [0.717, 1.165) is 12.5 Å². The minimum Gasteiger partial charge on any atom is -0.458 e. The van der Waals surface area contributed by atoms with Crippen molar-refractivity contribution in [1.82, 2.24) is 0 Å². The van der Waals surface area contributed by atoms with Crippen molar-refractivity contribution in [2.45, 2.75) is 58.2 Å². The van der Waals surface area contributed by atoms with Gasteiger partial charge in [-0.05, 0) is 43.3 Å². The molecule has 4 rings (SSSR count). The summed E-state index contributed by atoms with van der Waals surface area (Å²) in [5, 5.41) is 22.2. The molecular weight excluding hydrogens is 388 g/mol.